The van der Waals surface area contributed by atoms with Crippen LogP contribution in [-0.4, -0.2) is 46.5 Å². The molecule has 0 radical (unpaired) electrons. The van der Waals surface area contributed by atoms with E-state index in [0.29, 0.717) is 6.61 Å². The van der Waals surface area contributed by atoms with Crippen LogP contribution in [0, 0.1) is 5.82 Å². The Morgan fingerprint density at radius 1 is 1.32 bits per heavy atom. The molecule has 28 heavy (non-hydrogen) atoms. The number of hydrogen-bond acceptors (Lipinski definition) is 5. The minimum absolute atomic E-state index is 0.0378. The van der Waals surface area contributed by atoms with Crippen LogP contribution in [-0.2, 0) is 14.3 Å². The Kier molecular flexibility index (Phi) is 7.63. The van der Waals surface area contributed by atoms with Gasteiger partial charge in [0.2, 0.25) is 5.91 Å². The number of amides is 1. The molecule has 1 aromatic rings. The molecular formula is C19H27BrFNO5Si. The van der Waals surface area contributed by atoms with Crippen LogP contribution < -0.4 is 9.64 Å². The van der Waals surface area contributed by atoms with E-state index in [1.807, 2.05) is 0 Å². The Hall–Kier alpha value is -1.45. The molecule has 1 fully saturated rings. The molecule has 6 nitrogen and oxygen atoms in total. The van der Waals surface area contributed by atoms with Gasteiger partial charge in [-0.3, -0.25) is 4.79 Å². The van der Waals surface area contributed by atoms with E-state index < -0.39 is 19.9 Å². The number of ether oxygens (including phenoxy) is 3. The molecule has 156 valence electrons. The van der Waals surface area contributed by atoms with Gasteiger partial charge in [-0.15, -0.1) is 0 Å². The lowest BCUT2D eigenvalue weighted by Gasteiger charge is -2.26. The van der Waals surface area contributed by atoms with Crippen molar-refractivity contribution < 1.29 is 28.2 Å². The summed E-state index contributed by atoms with van der Waals surface area (Å²) < 4.78 is 30.6. The Morgan fingerprint density at radius 3 is 2.46 bits per heavy atom. The quantitative estimate of drug-likeness (QED) is 0.226. The lowest BCUT2D eigenvalue weighted by Crippen LogP contribution is -2.33. The third-order valence-electron chi connectivity index (χ3n) is 4.33. The molecule has 1 aliphatic carbocycles. The fraction of sp³-hybridized carbons (Fsp3) is 0.579. The van der Waals surface area contributed by atoms with Gasteiger partial charge in [0.1, 0.15) is 11.5 Å². The van der Waals surface area contributed by atoms with Crippen LogP contribution in [0.5, 0.6) is 5.75 Å². The zero-order valence-corrected chi connectivity index (χ0v) is 19.5. The Bertz CT molecular complexity index is 749. The number of anilines is 1. The number of halogens is 2. The van der Waals surface area contributed by atoms with Gasteiger partial charge in [-0.2, -0.15) is 0 Å². The molecule has 0 bridgehead atoms. The standard InChI is InChI=1S/C19H27BrFNO5Si/c1-12(23)22(13-6-7-13)17-14(19(24)25-2)10-15(21)16(20)18(17)27-11-26-8-9-28(3,4)5/h10,13H,6-9,11H2,1-5H3. The first-order valence-corrected chi connectivity index (χ1v) is 13.7. The lowest BCUT2D eigenvalue weighted by molar-refractivity contribution is -0.116. The van der Waals surface area contributed by atoms with Crippen molar-refractivity contribution in [1.29, 1.82) is 0 Å². The summed E-state index contributed by atoms with van der Waals surface area (Å²) in [6, 6.07) is 1.97. The molecule has 0 spiro atoms. The first-order valence-electron chi connectivity index (χ1n) is 9.17. The predicted octanol–water partition coefficient (Wildman–Crippen LogP) is 4.58. The summed E-state index contributed by atoms with van der Waals surface area (Å²) >= 11 is 3.19. The summed E-state index contributed by atoms with van der Waals surface area (Å²) in [5.41, 5.74) is 0.159. The maximum Gasteiger partial charge on any atom is 0.340 e. The normalized spacial score (nSPS) is 14.0. The van der Waals surface area contributed by atoms with Gasteiger partial charge in [0.25, 0.3) is 0 Å². The summed E-state index contributed by atoms with van der Waals surface area (Å²) in [4.78, 5) is 26.1. The molecule has 1 amide bonds. The van der Waals surface area contributed by atoms with Crippen molar-refractivity contribution >= 4 is 41.6 Å². The van der Waals surface area contributed by atoms with E-state index in [4.69, 9.17) is 14.2 Å². The molecule has 2 rings (SSSR count). The van der Waals surface area contributed by atoms with Crippen LogP contribution in [0.1, 0.15) is 30.1 Å². The van der Waals surface area contributed by atoms with Gasteiger partial charge in [-0.05, 0) is 40.9 Å². The van der Waals surface area contributed by atoms with E-state index in [1.165, 1.54) is 18.9 Å². The van der Waals surface area contributed by atoms with Crippen LogP contribution in [0.3, 0.4) is 0 Å². The molecule has 0 atom stereocenters. The maximum absolute atomic E-state index is 14.5. The average molecular weight is 476 g/mol. The Balaban J connectivity index is 2.37. The summed E-state index contributed by atoms with van der Waals surface area (Å²) in [7, 11) is -0.0397. The van der Waals surface area contributed by atoms with Gasteiger partial charge in [0, 0.05) is 27.6 Å². The molecule has 9 heteroatoms. The molecular weight excluding hydrogens is 449 g/mol. The third kappa shape index (κ3) is 5.77. The van der Waals surface area contributed by atoms with Gasteiger partial charge in [0.05, 0.1) is 17.1 Å². The second kappa shape index (κ2) is 9.36. The van der Waals surface area contributed by atoms with Crippen molar-refractivity contribution in [3.63, 3.8) is 0 Å². The summed E-state index contributed by atoms with van der Waals surface area (Å²) in [5.74, 6) is -1.61. The van der Waals surface area contributed by atoms with Crippen molar-refractivity contribution in [3.05, 3.63) is 21.9 Å². The molecule has 0 unspecified atom stereocenters. The second-order valence-corrected chi connectivity index (χ2v) is 14.4. The lowest BCUT2D eigenvalue weighted by atomic mass is 10.1. The van der Waals surface area contributed by atoms with Crippen LogP contribution in [0.2, 0.25) is 25.7 Å². The van der Waals surface area contributed by atoms with Gasteiger partial charge < -0.3 is 19.1 Å². The molecule has 0 aromatic heterocycles. The summed E-state index contributed by atoms with van der Waals surface area (Å²) in [5, 5.41) is 0. The molecule has 1 saturated carbocycles. The van der Waals surface area contributed by atoms with Gasteiger partial charge in [-0.25, -0.2) is 9.18 Å². The second-order valence-electron chi connectivity index (χ2n) is 7.99. The zero-order valence-electron chi connectivity index (χ0n) is 16.9. The number of nitrogens with zero attached hydrogens (tertiary/aromatic N) is 1. The smallest absolute Gasteiger partial charge is 0.340 e. The minimum Gasteiger partial charge on any atom is -0.465 e. The first kappa shape index (κ1) is 22.8. The molecule has 1 aliphatic rings. The average Bonchev–Trinajstić information content (AvgIpc) is 3.42. The van der Waals surface area contributed by atoms with Crippen LogP contribution >= 0.6 is 15.9 Å². The zero-order chi connectivity index (χ0) is 21.1. The highest BCUT2D eigenvalue weighted by molar-refractivity contribution is 9.10. The Morgan fingerprint density at radius 2 is 1.96 bits per heavy atom. The number of methoxy groups -OCH3 is 1. The maximum atomic E-state index is 14.5. The Labute approximate surface area is 174 Å². The third-order valence-corrected chi connectivity index (χ3v) is 6.77. The monoisotopic (exact) mass is 475 g/mol. The van der Waals surface area contributed by atoms with E-state index in [2.05, 4.69) is 35.6 Å². The summed E-state index contributed by atoms with van der Waals surface area (Å²) in [6.07, 6.45) is 1.61. The molecule has 1 aromatic carbocycles. The molecule has 0 N–H and O–H groups in total. The number of hydrogen-bond donors (Lipinski definition) is 0. The van der Waals surface area contributed by atoms with Gasteiger partial charge in [0.15, 0.2) is 12.5 Å². The van der Waals surface area contributed by atoms with Crippen LogP contribution in [0.25, 0.3) is 0 Å². The minimum atomic E-state index is -1.25. The SMILES string of the molecule is COC(=O)c1cc(F)c(Br)c(OCOCC[Si](C)(C)C)c1N(C(C)=O)C1CC1. The number of carbonyl (C=O) groups is 2. The van der Waals surface area contributed by atoms with Crippen LogP contribution in [0.4, 0.5) is 10.1 Å². The number of rotatable bonds is 9. The number of benzene rings is 1. The number of esters is 1. The van der Waals surface area contributed by atoms with Gasteiger partial charge >= 0.3 is 5.97 Å². The highest BCUT2D eigenvalue weighted by Gasteiger charge is 2.38. The number of carbonyl (C=O) groups excluding carboxylic acids is 2. The van der Waals surface area contributed by atoms with E-state index >= 15 is 0 Å². The van der Waals surface area contributed by atoms with Crippen molar-refractivity contribution in [2.75, 3.05) is 25.4 Å². The van der Waals surface area contributed by atoms with E-state index in [9.17, 15) is 14.0 Å². The highest BCUT2D eigenvalue weighted by Crippen LogP contribution is 2.45. The molecule has 0 saturated heterocycles. The predicted molar refractivity (Wildman–Crippen MR) is 111 cm³/mol. The van der Waals surface area contributed by atoms with E-state index in [0.717, 1.165) is 25.0 Å². The fourth-order valence-corrected chi connectivity index (χ4v) is 3.87. The fourth-order valence-electron chi connectivity index (χ4n) is 2.70. The van der Waals surface area contributed by atoms with E-state index in [-0.39, 0.29) is 40.2 Å². The van der Waals surface area contributed by atoms with Crippen molar-refractivity contribution in [1.82, 2.24) is 0 Å². The largest absolute Gasteiger partial charge is 0.465 e. The summed E-state index contributed by atoms with van der Waals surface area (Å²) in [6.45, 7) is 8.53. The topological polar surface area (TPSA) is 65.1 Å². The highest BCUT2D eigenvalue weighted by atomic mass is 79.9. The first-order chi connectivity index (χ1) is 13.1. The van der Waals surface area contributed by atoms with Gasteiger partial charge in [-0.1, -0.05) is 19.6 Å². The van der Waals surface area contributed by atoms with Crippen LogP contribution in [0.15, 0.2) is 10.5 Å². The van der Waals surface area contributed by atoms with Crippen molar-refractivity contribution in [2.45, 2.75) is 51.5 Å². The van der Waals surface area contributed by atoms with Crippen molar-refractivity contribution in [3.8, 4) is 5.75 Å². The van der Waals surface area contributed by atoms with Crippen molar-refractivity contribution in [2.24, 2.45) is 0 Å². The van der Waals surface area contributed by atoms with E-state index in [1.54, 1.807) is 0 Å². The molecule has 0 aliphatic heterocycles. The molecule has 0 heterocycles.